The molecular formula is C24H48OSn. The summed E-state index contributed by atoms with van der Waals surface area (Å²) >= 11 is -2.32. The van der Waals surface area contributed by atoms with Crippen molar-refractivity contribution in [3.63, 3.8) is 0 Å². The van der Waals surface area contributed by atoms with E-state index in [1.807, 2.05) is 0 Å². The van der Waals surface area contributed by atoms with Crippen molar-refractivity contribution in [3.05, 3.63) is 0 Å². The zero-order valence-corrected chi connectivity index (χ0v) is 21.4. The molecule has 0 bridgehead atoms. The zero-order chi connectivity index (χ0) is 19.5. The zero-order valence-electron chi connectivity index (χ0n) is 18.6. The normalized spacial score (nSPS) is 12.9. The maximum atomic E-state index is 6.43. The van der Waals surface area contributed by atoms with Crippen molar-refractivity contribution in [1.82, 2.24) is 0 Å². The van der Waals surface area contributed by atoms with E-state index >= 15 is 0 Å². The average Bonchev–Trinajstić information content (AvgIpc) is 2.67. The molecule has 0 aliphatic rings. The Kier molecular flexibility index (Phi) is 18.9. The summed E-state index contributed by atoms with van der Waals surface area (Å²) in [6.45, 7) is 9.87. The van der Waals surface area contributed by atoms with Crippen molar-refractivity contribution in [1.29, 1.82) is 0 Å². The van der Waals surface area contributed by atoms with Gasteiger partial charge in [-0.3, -0.25) is 0 Å². The summed E-state index contributed by atoms with van der Waals surface area (Å²) < 4.78 is 11.6. The Balaban J connectivity index is 5.02. The standard InChI is InChI=1S/C12H21O.3C4H9.Sn/c1-3-5-6-7-8-9-10-12-13-11-4-2;3*1-3-4-2;/h2,12H,3,5-11H2,1H3;3*1,3-4H2,2H3;. The molecule has 0 aliphatic heterocycles. The van der Waals surface area contributed by atoms with Gasteiger partial charge < -0.3 is 0 Å². The summed E-state index contributed by atoms with van der Waals surface area (Å²) in [6.07, 6.45) is 23.4. The van der Waals surface area contributed by atoms with Crippen LogP contribution in [-0.4, -0.2) is 29.1 Å². The molecule has 1 nitrogen and oxygen atoms in total. The van der Waals surface area contributed by atoms with E-state index in [0.29, 0.717) is 10.7 Å². The van der Waals surface area contributed by atoms with Crippen LogP contribution >= 0.6 is 0 Å². The van der Waals surface area contributed by atoms with E-state index < -0.39 is 18.4 Å². The molecule has 0 heterocycles. The van der Waals surface area contributed by atoms with Gasteiger partial charge in [0.2, 0.25) is 0 Å². The van der Waals surface area contributed by atoms with Gasteiger partial charge in [-0.15, -0.1) is 0 Å². The second kappa shape index (κ2) is 18.7. The van der Waals surface area contributed by atoms with E-state index in [2.05, 4.69) is 33.6 Å². The van der Waals surface area contributed by atoms with E-state index in [1.165, 1.54) is 96.8 Å². The van der Waals surface area contributed by atoms with Crippen molar-refractivity contribution in [3.8, 4) is 12.3 Å². The summed E-state index contributed by atoms with van der Waals surface area (Å²) in [5.74, 6) is 2.77. The van der Waals surface area contributed by atoms with Crippen LogP contribution in [0.25, 0.3) is 0 Å². The molecule has 0 saturated carbocycles. The summed E-state index contributed by atoms with van der Waals surface area (Å²) in [5.41, 5.74) is 0. The molecule has 0 saturated heterocycles. The quantitative estimate of drug-likeness (QED) is 0.105. The maximum absolute atomic E-state index is 6.43. The fraction of sp³-hybridized carbons (Fsp3) is 0.917. The summed E-state index contributed by atoms with van der Waals surface area (Å²) in [4.78, 5) is 0. The van der Waals surface area contributed by atoms with Crippen LogP contribution in [0.2, 0.25) is 13.3 Å². The third kappa shape index (κ3) is 11.9. The van der Waals surface area contributed by atoms with E-state index in [4.69, 9.17) is 11.2 Å². The van der Waals surface area contributed by atoms with Crippen LogP contribution in [0.3, 0.4) is 0 Å². The van der Waals surface area contributed by atoms with Crippen LogP contribution in [0.15, 0.2) is 0 Å². The fourth-order valence-corrected chi connectivity index (χ4v) is 21.8. The summed E-state index contributed by atoms with van der Waals surface area (Å²) in [7, 11) is 0. The van der Waals surface area contributed by atoms with E-state index in [9.17, 15) is 0 Å². The number of rotatable bonds is 19. The molecule has 2 heteroatoms. The van der Waals surface area contributed by atoms with Crippen molar-refractivity contribution < 1.29 is 4.74 Å². The van der Waals surface area contributed by atoms with Gasteiger partial charge >= 0.3 is 171 Å². The average molecular weight is 471 g/mol. The first-order valence-electron chi connectivity index (χ1n) is 11.8. The van der Waals surface area contributed by atoms with Crippen molar-refractivity contribution in [2.75, 3.05) is 6.61 Å². The van der Waals surface area contributed by atoms with Crippen LogP contribution < -0.4 is 0 Å². The number of hydrogen-bond donors (Lipinski definition) is 0. The Morgan fingerprint density at radius 3 is 1.62 bits per heavy atom. The molecule has 0 aliphatic carbocycles. The molecule has 0 aromatic heterocycles. The monoisotopic (exact) mass is 472 g/mol. The molecule has 0 aromatic carbocycles. The van der Waals surface area contributed by atoms with Crippen LogP contribution in [0.1, 0.15) is 111 Å². The molecular weight excluding hydrogens is 423 g/mol. The topological polar surface area (TPSA) is 9.23 Å². The molecule has 0 spiro atoms. The van der Waals surface area contributed by atoms with Crippen LogP contribution in [-0.2, 0) is 4.74 Å². The van der Waals surface area contributed by atoms with E-state index in [1.54, 1.807) is 0 Å². The van der Waals surface area contributed by atoms with E-state index in [-0.39, 0.29) is 0 Å². The summed E-state index contributed by atoms with van der Waals surface area (Å²) in [6, 6.07) is 0. The van der Waals surface area contributed by atoms with E-state index in [0.717, 1.165) is 0 Å². The van der Waals surface area contributed by atoms with Gasteiger partial charge in [-0.1, -0.05) is 0 Å². The number of terminal acetylenes is 1. The molecule has 0 rings (SSSR count). The molecule has 26 heavy (non-hydrogen) atoms. The van der Waals surface area contributed by atoms with Gasteiger partial charge in [-0.2, -0.15) is 0 Å². The predicted octanol–water partition coefficient (Wildman–Crippen LogP) is 8.14. The summed E-state index contributed by atoms with van der Waals surface area (Å²) in [5, 5.41) is 0. The third-order valence-electron chi connectivity index (χ3n) is 5.96. The Labute approximate surface area is 170 Å². The Morgan fingerprint density at radius 1 is 0.692 bits per heavy atom. The second-order valence-electron chi connectivity index (χ2n) is 8.23. The van der Waals surface area contributed by atoms with Crippen molar-refractivity contribution >= 4 is 18.4 Å². The number of unbranched alkanes of at least 4 members (excludes halogenated alkanes) is 8. The Morgan fingerprint density at radius 2 is 1.15 bits per heavy atom. The minimum absolute atomic E-state index is 0.531. The number of ether oxygens (including phenoxy) is 1. The Hall–Kier alpha value is 0.319. The predicted molar refractivity (Wildman–Crippen MR) is 121 cm³/mol. The molecule has 0 unspecified atom stereocenters. The van der Waals surface area contributed by atoms with Crippen molar-refractivity contribution in [2.45, 2.75) is 129 Å². The third-order valence-corrected chi connectivity index (χ3v) is 22.7. The van der Waals surface area contributed by atoms with Crippen LogP contribution in [0.5, 0.6) is 0 Å². The van der Waals surface area contributed by atoms with Crippen molar-refractivity contribution in [2.24, 2.45) is 0 Å². The first kappa shape index (κ1) is 26.3. The molecule has 1 atom stereocenters. The number of hydrogen-bond acceptors (Lipinski definition) is 1. The van der Waals surface area contributed by atoms with Crippen LogP contribution in [0.4, 0.5) is 0 Å². The molecule has 0 fully saturated rings. The van der Waals surface area contributed by atoms with Gasteiger partial charge in [0, 0.05) is 0 Å². The minimum atomic E-state index is -2.32. The molecule has 0 aromatic rings. The van der Waals surface area contributed by atoms with Gasteiger partial charge in [-0.25, -0.2) is 0 Å². The first-order chi connectivity index (χ1) is 12.7. The Bertz CT molecular complexity index is 312. The molecule has 0 N–H and O–H groups in total. The van der Waals surface area contributed by atoms with Gasteiger partial charge in [0.15, 0.2) is 0 Å². The van der Waals surface area contributed by atoms with Gasteiger partial charge in [0.05, 0.1) is 0 Å². The van der Waals surface area contributed by atoms with Gasteiger partial charge in [0.1, 0.15) is 0 Å². The fourth-order valence-electron chi connectivity index (χ4n) is 4.27. The molecule has 0 radical (unpaired) electrons. The second-order valence-corrected chi connectivity index (χ2v) is 22.1. The van der Waals surface area contributed by atoms with Crippen LogP contribution in [0, 0.1) is 12.3 Å². The first-order valence-corrected chi connectivity index (χ1v) is 19.5. The van der Waals surface area contributed by atoms with Gasteiger partial charge in [-0.05, 0) is 0 Å². The SMILES string of the molecule is C#CCO[C@@H](CCCCCCCC)[Sn]([CH2]CCC)([CH2]CCC)[CH2]CCC. The van der Waals surface area contributed by atoms with Gasteiger partial charge in [0.25, 0.3) is 0 Å². The molecule has 0 amide bonds. The molecule has 154 valence electrons.